The molecule has 0 bridgehead atoms. The second kappa shape index (κ2) is 12.7. The van der Waals surface area contributed by atoms with Crippen LogP contribution in [0.15, 0.2) is 34.2 Å². The molecule has 0 aromatic heterocycles. The third-order valence-electron chi connectivity index (χ3n) is 4.86. The summed E-state index contributed by atoms with van der Waals surface area (Å²) in [5, 5.41) is 6.54. The van der Waals surface area contributed by atoms with E-state index >= 15 is 0 Å². The van der Waals surface area contributed by atoms with Gasteiger partial charge in [0.1, 0.15) is 12.4 Å². The third kappa shape index (κ3) is 9.49. The van der Waals surface area contributed by atoms with Gasteiger partial charge in [-0.15, -0.1) is 0 Å². The van der Waals surface area contributed by atoms with Crippen molar-refractivity contribution in [1.82, 2.24) is 15.5 Å². The van der Waals surface area contributed by atoms with Gasteiger partial charge < -0.3 is 20.3 Å². The predicted molar refractivity (Wildman–Crippen MR) is 119 cm³/mol. The van der Waals surface area contributed by atoms with E-state index in [1.807, 2.05) is 6.92 Å². The maximum atomic E-state index is 11.5. The summed E-state index contributed by atoms with van der Waals surface area (Å²) < 4.78 is 28.6. The van der Waals surface area contributed by atoms with Gasteiger partial charge in [-0.2, -0.15) is 0 Å². The highest BCUT2D eigenvalue weighted by atomic mass is 32.2. The highest BCUT2D eigenvalue weighted by Crippen LogP contribution is 2.15. The van der Waals surface area contributed by atoms with E-state index in [-0.39, 0.29) is 0 Å². The van der Waals surface area contributed by atoms with Gasteiger partial charge in [0.05, 0.1) is 11.4 Å². The molecule has 0 atom stereocenters. The zero-order valence-electron chi connectivity index (χ0n) is 17.8. The van der Waals surface area contributed by atoms with E-state index in [9.17, 15) is 8.42 Å². The summed E-state index contributed by atoms with van der Waals surface area (Å²) in [6.45, 7) is 8.33. The molecule has 0 aliphatic carbocycles. The Morgan fingerprint density at radius 1 is 1.10 bits per heavy atom. The van der Waals surface area contributed by atoms with Crippen LogP contribution in [0.3, 0.4) is 0 Å². The number of ether oxygens (including phenoxy) is 1. The van der Waals surface area contributed by atoms with Crippen LogP contribution in [0.4, 0.5) is 0 Å². The summed E-state index contributed by atoms with van der Waals surface area (Å²) in [7, 11) is -3.18. The van der Waals surface area contributed by atoms with Gasteiger partial charge in [0, 0.05) is 19.3 Å². The normalized spacial score (nSPS) is 16.3. The van der Waals surface area contributed by atoms with Crippen LogP contribution in [0.2, 0.25) is 0 Å². The van der Waals surface area contributed by atoms with Gasteiger partial charge in [-0.3, -0.25) is 4.99 Å². The first-order valence-corrected chi connectivity index (χ1v) is 12.6. The SMILES string of the molecule is CCNC(=NCCCN1CCCCCC1)NCCOc1ccc(S(C)(=O)=O)cc1. The van der Waals surface area contributed by atoms with Crippen molar-refractivity contribution < 1.29 is 13.2 Å². The van der Waals surface area contributed by atoms with Gasteiger partial charge in [0.25, 0.3) is 0 Å². The van der Waals surface area contributed by atoms with Crippen LogP contribution < -0.4 is 15.4 Å². The molecule has 1 aromatic carbocycles. The molecule has 1 aliphatic heterocycles. The average Bonchev–Trinajstić information content (AvgIpc) is 2.97. The molecule has 0 spiro atoms. The molecule has 164 valence electrons. The van der Waals surface area contributed by atoms with Crippen molar-refractivity contribution in [2.24, 2.45) is 4.99 Å². The average molecular weight is 425 g/mol. The summed E-state index contributed by atoms with van der Waals surface area (Å²) in [6.07, 6.45) is 7.65. The van der Waals surface area contributed by atoms with Crippen LogP contribution in [0.1, 0.15) is 39.0 Å². The monoisotopic (exact) mass is 424 g/mol. The van der Waals surface area contributed by atoms with Gasteiger partial charge in [-0.1, -0.05) is 12.8 Å². The molecule has 1 aromatic rings. The lowest BCUT2D eigenvalue weighted by Gasteiger charge is -2.19. The highest BCUT2D eigenvalue weighted by Gasteiger charge is 2.08. The van der Waals surface area contributed by atoms with Crippen molar-refractivity contribution in [3.05, 3.63) is 24.3 Å². The Morgan fingerprint density at radius 2 is 1.79 bits per heavy atom. The Bertz CT molecular complexity index is 712. The number of sulfone groups is 1. The summed E-state index contributed by atoms with van der Waals surface area (Å²) in [5.41, 5.74) is 0. The zero-order chi connectivity index (χ0) is 21.0. The van der Waals surface area contributed by atoms with Gasteiger partial charge in [-0.25, -0.2) is 8.42 Å². The van der Waals surface area contributed by atoms with Crippen molar-refractivity contribution in [2.75, 3.05) is 52.1 Å². The fourth-order valence-corrected chi connectivity index (χ4v) is 3.94. The number of benzene rings is 1. The number of likely N-dealkylation sites (tertiary alicyclic amines) is 1. The Kier molecular flexibility index (Phi) is 10.3. The molecule has 29 heavy (non-hydrogen) atoms. The Morgan fingerprint density at radius 3 is 2.41 bits per heavy atom. The van der Waals surface area contributed by atoms with Crippen LogP contribution in [0.25, 0.3) is 0 Å². The number of hydrogen-bond acceptors (Lipinski definition) is 5. The third-order valence-corrected chi connectivity index (χ3v) is 5.99. The fourth-order valence-electron chi connectivity index (χ4n) is 3.31. The fraction of sp³-hybridized carbons (Fsp3) is 0.667. The second-order valence-corrected chi connectivity index (χ2v) is 9.40. The lowest BCUT2D eigenvalue weighted by atomic mass is 10.2. The molecule has 1 aliphatic rings. The van der Waals surface area contributed by atoms with Crippen molar-refractivity contribution in [3.8, 4) is 5.75 Å². The van der Waals surface area contributed by atoms with Crippen LogP contribution in [-0.4, -0.2) is 71.4 Å². The minimum atomic E-state index is -3.18. The molecule has 0 saturated carbocycles. The van der Waals surface area contributed by atoms with Gasteiger partial charge in [-0.05, 0) is 70.1 Å². The second-order valence-electron chi connectivity index (χ2n) is 7.39. The van der Waals surface area contributed by atoms with Crippen LogP contribution in [0.5, 0.6) is 5.75 Å². The molecule has 0 amide bonds. The van der Waals surface area contributed by atoms with Gasteiger partial charge in [0.15, 0.2) is 15.8 Å². The number of rotatable bonds is 10. The molecule has 0 radical (unpaired) electrons. The molecule has 0 unspecified atom stereocenters. The summed E-state index contributed by atoms with van der Waals surface area (Å²) in [6, 6.07) is 6.49. The van der Waals surface area contributed by atoms with Crippen molar-refractivity contribution in [3.63, 3.8) is 0 Å². The lowest BCUT2D eigenvalue weighted by molar-refractivity contribution is 0.283. The lowest BCUT2D eigenvalue weighted by Crippen LogP contribution is -2.39. The Balaban J connectivity index is 1.67. The van der Waals surface area contributed by atoms with E-state index < -0.39 is 9.84 Å². The molecular formula is C21H36N4O3S. The van der Waals surface area contributed by atoms with Crippen LogP contribution in [-0.2, 0) is 9.84 Å². The summed E-state index contributed by atoms with van der Waals surface area (Å²) in [5.74, 6) is 1.46. The maximum Gasteiger partial charge on any atom is 0.191 e. The molecule has 8 heteroatoms. The van der Waals surface area contributed by atoms with Gasteiger partial charge in [0.2, 0.25) is 0 Å². The smallest absolute Gasteiger partial charge is 0.191 e. The summed E-state index contributed by atoms with van der Waals surface area (Å²) >= 11 is 0. The Hall–Kier alpha value is -1.80. The standard InChI is InChI=1S/C21H36N4O3S/c1-3-22-21(23-13-8-17-25-15-6-4-5-7-16-25)24-14-18-28-19-9-11-20(12-10-19)29(2,26)27/h9-12H,3-8,13-18H2,1-2H3,(H2,22,23,24). The van der Waals surface area contributed by atoms with Crippen LogP contribution >= 0.6 is 0 Å². The minimum Gasteiger partial charge on any atom is -0.492 e. The van der Waals surface area contributed by atoms with E-state index in [0.29, 0.717) is 23.8 Å². The number of hydrogen-bond donors (Lipinski definition) is 2. The Labute approximate surface area is 175 Å². The molecule has 1 fully saturated rings. The first-order valence-electron chi connectivity index (χ1n) is 10.7. The van der Waals surface area contributed by atoms with E-state index in [1.54, 1.807) is 24.3 Å². The molecule has 7 nitrogen and oxygen atoms in total. The van der Waals surface area contributed by atoms with E-state index in [4.69, 9.17) is 4.74 Å². The van der Waals surface area contributed by atoms with Crippen molar-refractivity contribution >= 4 is 15.8 Å². The predicted octanol–water partition coefficient (Wildman–Crippen LogP) is 2.29. The number of aliphatic imine (C=N–C) groups is 1. The molecule has 2 rings (SSSR count). The van der Waals surface area contributed by atoms with E-state index in [0.717, 1.165) is 32.0 Å². The number of guanidine groups is 1. The van der Waals surface area contributed by atoms with Crippen molar-refractivity contribution in [1.29, 1.82) is 0 Å². The summed E-state index contributed by atoms with van der Waals surface area (Å²) in [4.78, 5) is 7.51. The zero-order valence-corrected chi connectivity index (χ0v) is 18.6. The van der Waals surface area contributed by atoms with E-state index in [1.165, 1.54) is 45.0 Å². The van der Waals surface area contributed by atoms with E-state index in [2.05, 4.69) is 20.5 Å². The molecule has 2 N–H and O–H groups in total. The first-order chi connectivity index (χ1) is 14.0. The number of nitrogens with zero attached hydrogens (tertiary/aromatic N) is 2. The topological polar surface area (TPSA) is 83.0 Å². The molecular weight excluding hydrogens is 388 g/mol. The molecule has 1 heterocycles. The first kappa shape index (κ1) is 23.5. The quantitative estimate of drug-likeness (QED) is 0.341. The maximum absolute atomic E-state index is 11.5. The van der Waals surface area contributed by atoms with Crippen LogP contribution in [0, 0.1) is 0 Å². The van der Waals surface area contributed by atoms with Crippen molar-refractivity contribution in [2.45, 2.75) is 43.9 Å². The molecule has 1 saturated heterocycles. The highest BCUT2D eigenvalue weighted by molar-refractivity contribution is 7.90. The number of nitrogens with one attached hydrogen (secondary N) is 2. The minimum absolute atomic E-state index is 0.296. The van der Waals surface area contributed by atoms with Gasteiger partial charge >= 0.3 is 0 Å². The largest absolute Gasteiger partial charge is 0.492 e.